The fourth-order valence-electron chi connectivity index (χ4n) is 3.14. The Labute approximate surface area is 156 Å². The number of hydrogen-bond acceptors (Lipinski definition) is 4. The van der Waals surface area contributed by atoms with E-state index in [1.54, 1.807) is 12.1 Å². The molecule has 1 heterocycles. The van der Waals surface area contributed by atoms with Crippen LogP contribution in [0.15, 0.2) is 59.5 Å². The number of rotatable bonds is 7. The molecule has 0 bridgehead atoms. The van der Waals surface area contributed by atoms with Crippen LogP contribution in [0.1, 0.15) is 11.1 Å². The number of benzene rings is 2. The van der Waals surface area contributed by atoms with E-state index >= 15 is 0 Å². The van der Waals surface area contributed by atoms with Crippen molar-refractivity contribution in [2.45, 2.75) is 24.3 Å². The SMILES string of the molecule is Cc1ccc(S(=O)(=O)NC(Cc2ccccc2)CN2CCOCC2)cc1. The zero-order valence-corrected chi connectivity index (χ0v) is 15.9. The van der Waals surface area contributed by atoms with Crippen LogP contribution in [0.4, 0.5) is 0 Å². The van der Waals surface area contributed by atoms with Crippen molar-refractivity contribution in [3.8, 4) is 0 Å². The Hall–Kier alpha value is -1.73. The van der Waals surface area contributed by atoms with Crippen LogP contribution >= 0.6 is 0 Å². The molecular weight excluding hydrogens is 348 g/mol. The summed E-state index contributed by atoms with van der Waals surface area (Å²) < 4.78 is 34.0. The summed E-state index contributed by atoms with van der Waals surface area (Å²) in [6, 6.07) is 16.8. The van der Waals surface area contributed by atoms with Gasteiger partial charge in [0, 0.05) is 25.7 Å². The summed E-state index contributed by atoms with van der Waals surface area (Å²) in [6.07, 6.45) is 0.656. The average molecular weight is 375 g/mol. The predicted molar refractivity (Wildman–Crippen MR) is 103 cm³/mol. The minimum Gasteiger partial charge on any atom is -0.379 e. The molecule has 0 amide bonds. The van der Waals surface area contributed by atoms with Crippen LogP contribution in [0.5, 0.6) is 0 Å². The van der Waals surface area contributed by atoms with E-state index in [4.69, 9.17) is 4.74 Å². The fraction of sp³-hybridized carbons (Fsp3) is 0.400. The van der Waals surface area contributed by atoms with E-state index in [1.165, 1.54) is 0 Å². The Balaban J connectivity index is 1.76. The third-order valence-corrected chi connectivity index (χ3v) is 6.10. The Morgan fingerprint density at radius 1 is 1.04 bits per heavy atom. The molecular formula is C20H26N2O3S. The molecule has 140 valence electrons. The van der Waals surface area contributed by atoms with Crippen LogP contribution in [0, 0.1) is 6.92 Å². The van der Waals surface area contributed by atoms with Crippen molar-refractivity contribution in [1.29, 1.82) is 0 Å². The van der Waals surface area contributed by atoms with Crippen molar-refractivity contribution in [3.05, 3.63) is 65.7 Å². The van der Waals surface area contributed by atoms with E-state index in [1.807, 2.05) is 49.4 Å². The quantitative estimate of drug-likeness (QED) is 0.807. The third kappa shape index (κ3) is 5.38. The van der Waals surface area contributed by atoms with Crippen LogP contribution in [-0.4, -0.2) is 52.2 Å². The molecule has 0 radical (unpaired) electrons. The Bertz CT molecular complexity index is 786. The molecule has 6 heteroatoms. The maximum atomic E-state index is 12.8. The zero-order chi connectivity index (χ0) is 18.4. The predicted octanol–water partition coefficient (Wildman–Crippen LogP) is 2.22. The lowest BCUT2D eigenvalue weighted by molar-refractivity contribution is 0.0346. The molecule has 1 saturated heterocycles. The second kappa shape index (κ2) is 8.77. The summed E-state index contributed by atoms with van der Waals surface area (Å²) in [5.41, 5.74) is 2.16. The van der Waals surface area contributed by atoms with Gasteiger partial charge in [-0.1, -0.05) is 48.0 Å². The Kier molecular flexibility index (Phi) is 6.43. The number of nitrogens with one attached hydrogen (secondary N) is 1. The van der Waals surface area contributed by atoms with Crippen LogP contribution < -0.4 is 4.72 Å². The lowest BCUT2D eigenvalue weighted by Crippen LogP contribution is -2.48. The summed E-state index contributed by atoms with van der Waals surface area (Å²) in [4.78, 5) is 2.57. The Morgan fingerprint density at radius 3 is 2.35 bits per heavy atom. The molecule has 26 heavy (non-hydrogen) atoms. The summed E-state index contributed by atoms with van der Waals surface area (Å²) in [5, 5.41) is 0. The standard InChI is InChI=1S/C20H26N2O3S/c1-17-7-9-20(10-8-17)26(23,24)21-19(15-18-5-3-2-4-6-18)16-22-11-13-25-14-12-22/h2-10,19,21H,11-16H2,1H3. The molecule has 1 aliphatic rings. The van der Waals surface area contributed by atoms with Crippen molar-refractivity contribution in [3.63, 3.8) is 0 Å². The first kappa shape index (κ1) is 19.0. The van der Waals surface area contributed by atoms with Crippen molar-refractivity contribution in [2.24, 2.45) is 0 Å². The first-order valence-corrected chi connectivity index (χ1v) is 10.4. The van der Waals surface area contributed by atoms with Gasteiger partial charge in [0.05, 0.1) is 18.1 Å². The lowest BCUT2D eigenvalue weighted by Gasteiger charge is -2.30. The van der Waals surface area contributed by atoms with E-state index in [0.717, 1.165) is 24.2 Å². The molecule has 0 aliphatic carbocycles. The van der Waals surface area contributed by atoms with Crippen molar-refractivity contribution in [2.75, 3.05) is 32.8 Å². The van der Waals surface area contributed by atoms with E-state index in [9.17, 15) is 8.42 Å². The molecule has 2 aromatic carbocycles. The number of hydrogen-bond donors (Lipinski definition) is 1. The number of nitrogens with zero attached hydrogens (tertiary/aromatic N) is 1. The van der Waals surface area contributed by atoms with Gasteiger partial charge in [0.2, 0.25) is 10.0 Å². The summed E-state index contributed by atoms with van der Waals surface area (Å²) in [7, 11) is -3.56. The first-order chi connectivity index (χ1) is 12.5. The smallest absolute Gasteiger partial charge is 0.240 e. The van der Waals surface area contributed by atoms with E-state index in [2.05, 4.69) is 9.62 Å². The highest BCUT2D eigenvalue weighted by atomic mass is 32.2. The largest absolute Gasteiger partial charge is 0.379 e. The van der Waals surface area contributed by atoms with Crippen LogP contribution in [0.3, 0.4) is 0 Å². The van der Waals surface area contributed by atoms with Crippen molar-refractivity contribution < 1.29 is 13.2 Å². The molecule has 2 aromatic rings. The van der Waals surface area contributed by atoms with Crippen molar-refractivity contribution >= 4 is 10.0 Å². The lowest BCUT2D eigenvalue weighted by atomic mass is 10.1. The van der Waals surface area contributed by atoms with Crippen molar-refractivity contribution in [1.82, 2.24) is 9.62 Å². The second-order valence-electron chi connectivity index (χ2n) is 6.73. The highest BCUT2D eigenvalue weighted by molar-refractivity contribution is 7.89. The van der Waals surface area contributed by atoms with Crippen LogP contribution in [-0.2, 0) is 21.2 Å². The molecule has 1 atom stereocenters. The van der Waals surface area contributed by atoms with Gasteiger partial charge in [-0.05, 0) is 31.0 Å². The average Bonchev–Trinajstić information content (AvgIpc) is 2.63. The third-order valence-electron chi connectivity index (χ3n) is 4.56. The normalized spacial score (nSPS) is 17.1. The van der Waals surface area contributed by atoms with Crippen LogP contribution in [0.25, 0.3) is 0 Å². The molecule has 0 aromatic heterocycles. The van der Waals surface area contributed by atoms with Gasteiger partial charge < -0.3 is 4.74 Å². The highest BCUT2D eigenvalue weighted by Gasteiger charge is 2.23. The van der Waals surface area contributed by atoms with Gasteiger partial charge in [-0.15, -0.1) is 0 Å². The molecule has 1 fully saturated rings. The summed E-state index contributed by atoms with van der Waals surface area (Å²) in [5.74, 6) is 0. The molecule has 0 spiro atoms. The molecule has 5 nitrogen and oxygen atoms in total. The number of morpholine rings is 1. The molecule has 0 saturated carbocycles. The Morgan fingerprint density at radius 2 is 1.69 bits per heavy atom. The minimum absolute atomic E-state index is 0.193. The first-order valence-electron chi connectivity index (χ1n) is 8.96. The van der Waals surface area contributed by atoms with Gasteiger partial charge in [-0.2, -0.15) is 0 Å². The molecule has 1 aliphatic heterocycles. The molecule has 3 rings (SSSR count). The monoisotopic (exact) mass is 374 g/mol. The van der Waals surface area contributed by atoms with Gasteiger partial charge in [0.15, 0.2) is 0 Å². The van der Waals surface area contributed by atoms with Gasteiger partial charge >= 0.3 is 0 Å². The summed E-state index contributed by atoms with van der Waals surface area (Å²) in [6.45, 7) is 5.67. The van der Waals surface area contributed by atoms with Crippen LogP contribution in [0.2, 0.25) is 0 Å². The van der Waals surface area contributed by atoms with E-state index in [-0.39, 0.29) is 6.04 Å². The van der Waals surface area contributed by atoms with E-state index in [0.29, 0.717) is 31.1 Å². The van der Waals surface area contributed by atoms with Gasteiger partial charge in [0.25, 0.3) is 0 Å². The fourth-order valence-corrected chi connectivity index (χ4v) is 4.37. The van der Waals surface area contributed by atoms with E-state index < -0.39 is 10.0 Å². The maximum absolute atomic E-state index is 12.8. The minimum atomic E-state index is -3.56. The number of sulfonamides is 1. The molecule has 1 N–H and O–H groups in total. The molecule has 1 unspecified atom stereocenters. The number of aryl methyl sites for hydroxylation is 1. The highest BCUT2D eigenvalue weighted by Crippen LogP contribution is 2.13. The zero-order valence-electron chi connectivity index (χ0n) is 15.1. The van der Waals surface area contributed by atoms with Gasteiger partial charge in [-0.25, -0.2) is 13.1 Å². The van der Waals surface area contributed by atoms with Gasteiger partial charge in [0.1, 0.15) is 0 Å². The maximum Gasteiger partial charge on any atom is 0.240 e. The second-order valence-corrected chi connectivity index (χ2v) is 8.45. The van der Waals surface area contributed by atoms with Gasteiger partial charge in [-0.3, -0.25) is 4.90 Å². The number of ether oxygens (including phenoxy) is 1. The summed E-state index contributed by atoms with van der Waals surface area (Å²) >= 11 is 0. The topological polar surface area (TPSA) is 58.6 Å².